The topological polar surface area (TPSA) is 76.3 Å². The highest BCUT2D eigenvalue weighted by molar-refractivity contribution is 9.10. The maximum absolute atomic E-state index is 11.7. The standard InChI is InChI=1S/C10H9BrClN3O2/c11-7-2-1-6(9(12)14-7)15-4-5(10(13)17)3-8(15)16/h1-2,5H,3-4H2,(H2,13,17). The minimum absolute atomic E-state index is 0.127. The lowest BCUT2D eigenvalue weighted by Crippen LogP contribution is -2.28. The highest BCUT2D eigenvalue weighted by Gasteiger charge is 2.34. The van der Waals surface area contributed by atoms with Crippen LogP contribution in [0.1, 0.15) is 6.42 Å². The number of hydrogen-bond acceptors (Lipinski definition) is 3. The summed E-state index contributed by atoms with van der Waals surface area (Å²) in [7, 11) is 0. The van der Waals surface area contributed by atoms with Gasteiger partial charge in [-0.05, 0) is 28.1 Å². The number of amides is 2. The molecule has 1 fully saturated rings. The zero-order valence-electron chi connectivity index (χ0n) is 8.69. The Hall–Kier alpha value is -1.14. The third-order valence-electron chi connectivity index (χ3n) is 2.61. The van der Waals surface area contributed by atoms with Crippen LogP contribution in [0.4, 0.5) is 5.69 Å². The van der Waals surface area contributed by atoms with Crippen molar-refractivity contribution in [1.82, 2.24) is 4.98 Å². The number of carbonyl (C=O) groups is 2. The molecule has 0 bridgehead atoms. The van der Waals surface area contributed by atoms with E-state index in [1.807, 2.05) is 0 Å². The van der Waals surface area contributed by atoms with Gasteiger partial charge in [-0.1, -0.05) is 11.6 Å². The van der Waals surface area contributed by atoms with Gasteiger partial charge in [0.05, 0.1) is 11.6 Å². The first kappa shape index (κ1) is 12.3. The fraction of sp³-hybridized carbons (Fsp3) is 0.300. The molecule has 0 spiro atoms. The molecule has 1 aliphatic rings. The molecule has 90 valence electrons. The molecule has 0 aromatic carbocycles. The molecule has 2 heterocycles. The van der Waals surface area contributed by atoms with Crippen LogP contribution in [0.3, 0.4) is 0 Å². The van der Waals surface area contributed by atoms with Gasteiger partial charge in [0.25, 0.3) is 0 Å². The molecule has 1 aromatic rings. The lowest BCUT2D eigenvalue weighted by Gasteiger charge is -2.17. The van der Waals surface area contributed by atoms with E-state index in [1.165, 1.54) is 4.90 Å². The molecule has 1 atom stereocenters. The molecular formula is C10H9BrClN3O2. The quantitative estimate of drug-likeness (QED) is 0.836. The molecule has 0 radical (unpaired) electrons. The first-order valence-corrected chi connectivity index (χ1v) is 6.08. The van der Waals surface area contributed by atoms with Crippen LogP contribution in [0.25, 0.3) is 0 Å². The maximum atomic E-state index is 11.7. The lowest BCUT2D eigenvalue weighted by atomic mass is 10.1. The largest absolute Gasteiger partial charge is 0.369 e. The summed E-state index contributed by atoms with van der Waals surface area (Å²) in [5.74, 6) is -1.09. The Morgan fingerprint density at radius 1 is 1.59 bits per heavy atom. The summed E-state index contributed by atoms with van der Waals surface area (Å²) in [6.07, 6.45) is 0.127. The Labute approximate surface area is 111 Å². The molecule has 1 saturated heterocycles. The zero-order chi connectivity index (χ0) is 12.6. The fourth-order valence-electron chi connectivity index (χ4n) is 1.74. The summed E-state index contributed by atoms with van der Waals surface area (Å²) >= 11 is 9.13. The lowest BCUT2D eigenvalue weighted by molar-refractivity contribution is -0.123. The normalized spacial score (nSPS) is 19.8. The minimum atomic E-state index is -0.470. The summed E-state index contributed by atoms with van der Waals surface area (Å²) in [4.78, 5) is 28.2. The summed E-state index contributed by atoms with van der Waals surface area (Å²) < 4.78 is 0.587. The average Bonchev–Trinajstić information content (AvgIpc) is 2.61. The van der Waals surface area contributed by atoms with Crippen LogP contribution in [0.5, 0.6) is 0 Å². The second kappa shape index (κ2) is 4.62. The predicted octanol–water partition coefficient (Wildman–Crippen LogP) is 1.34. The van der Waals surface area contributed by atoms with Crippen molar-refractivity contribution in [2.45, 2.75) is 6.42 Å². The van der Waals surface area contributed by atoms with E-state index < -0.39 is 11.8 Å². The number of aromatic nitrogens is 1. The zero-order valence-corrected chi connectivity index (χ0v) is 11.0. The van der Waals surface area contributed by atoms with Gasteiger partial charge in [0.15, 0.2) is 5.15 Å². The molecule has 5 nitrogen and oxygen atoms in total. The molecule has 0 aliphatic carbocycles. The first-order chi connectivity index (χ1) is 7.99. The highest BCUT2D eigenvalue weighted by Crippen LogP contribution is 2.30. The Balaban J connectivity index is 2.29. The number of rotatable bonds is 2. The summed E-state index contributed by atoms with van der Waals surface area (Å²) in [6, 6.07) is 3.37. The van der Waals surface area contributed by atoms with Crippen molar-refractivity contribution < 1.29 is 9.59 Å². The van der Waals surface area contributed by atoms with Gasteiger partial charge < -0.3 is 10.6 Å². The van der Waals surface area contributed by atoms with Gasteiger partial charge in [-0.15, -0.1) is 0 Å². The van der Waals surface area contributed by atoms with E-state index in [2.05, 4.69) is 20.9 Å². The number of hydrogen-bond donors (Lipinski definition) is 1. The number of nitrogens with zero attached hydrogens (tertiary/aromatic N) is 2. The van der Waals surface area contributed by atoms with Crippen molar-refractivity contribution in [3.05, 3.63) is 21.9 Å². The number of halogens is 2. The molecule has 2 amide bonds. The van der Waals surface area contributed by atoms with Crippen LogP contribution in [0.15, 0.2) is 16.7 Å². The number of nitrogens with two attached hydrogens (primary N) is 1. The van der Waals surface area contributed by atoms with Gasteiger partial charge in [-0.2, -0.15) is 0 Å². The van der Waals surface area contributed by atoms with Crippen molar-refractivity contribution in [3.8, 4) is 0 Å². The monoisotopic (exact) mass is 317 g/mol. The minimum Gasteiger partial charge on any atom is -0.369 e. The van der Waals surface area contributed by atoms with Gasteiger partial charge in [0.2, 0.25) is 11.8 Å². The summed E-state index contributed by atoms with van der Waals surface area (Å²) in [5.41, 5.74) is 5.69. The van der Waals surface area contributed by atoms with Gasteiger partial charge in [-0.3, -0.25) is 9.59 Å². The Bertz CT molecular complexity index is 494. The third kappa shape index (κ3) is 2.42. The van der Waals surface area contributed by atoms with Gasteiger partial charge in [0, 0.05) is 13.0 Å². The van der Waals surface area contributed by atoms with E-state index >= 15 is 0 Å². The van der Waals surface area contributed by atoms with Crippen LogP contribution < -0.4 is 10.6 Å². The molecule has 17 heavy (non-hydrogen) atoms. The molecule has 2 rings (SSSR count). The summed E-state index contributed by atoms with van der Waals surface area (Å²) in [5, 5.41) is 0.220. The molecule has 1 aliphatic heterocycles. The summed E-state index contributed by atoms with van der Waals surface area (Å²) in [6.45, 7) is 0.261. The van der Waals surface area contributed by atoms with E-state index in [-0.39, 0.29) is 24.0 Å². The van der Waals surface area contributed by atoms with Gasteiger partial charge in [0.1, 0.15) is 4.60 Å². The van der Waals surface area contributed by atoms with Crippen LogP contribution in [-0.4, -0.2) is 23.3 Å². The Morgan fingerprint density at radius 3 is 2.82 bits per heavy atom. The second-order valence-corrected chi connectivity index (χ2v) is 4.92. The van der Waals surface area contributed by atoms with E-state index in [9.17, 15) is 9.59 Å². The van der Waals surface area contributed by atoms with E-state index in [4.69, 9.17) is 17.3 Å². The maximum Gasteiger partial charge on any atom is 0.227 e. The van der Waals surface area contributed by atoms with Crippen molar-refractivity contribution in [2.24, 2.45) is 11.7 Å². The third-order valence-corrected chi connectivity index (χ3v) is 3.33. The molecule has 1 unspecified atom stereocenters. The molecular weight excluding hydrogens is 309 g/mol. The first-order valence-electron chi connectivity index (χ1n) is 4.90. The van der Waals surface area contributed by atoms with Crippen LogP contribution >= 0.6 is 27.5 Å². The molecule has 7 heteroatoms. The van der Waals surface area contributed by atoms with Crippen LogP contribution in [0, 0.1) is 5.92 Å². The molecule has 2 N–H and O–H groups in total. The average molecular weight is 319 g/mol. The van der Waals surface area contributed by atoms with Gasteiger partial charge >= 0.3 is 0 Å². The second-order valence-electron chi connectivity index (χ2n) is 3.75. The Kier molecular flexibility index (Phi) is 3.35. The van der Waals surface area contributed by atoms with E-state index in [1.54, 1.807) is 12.1 Å². The molecule has 1 aromatic heterocycles. The van der Waals surface area contributed by atoms with E-state index in [0.29, 0.717) is 10.3 Å². The van der Waals surface area contributed by atoms with Crippen LogP contribution in [-0.2, 0) is 9.59 Å². The van der Waals surface area contributed by atoms with Gasteiger partial charge in [-0.25, -0.2) is 4.98 Å². The number of carbonyl (C=O) groups excluding carboxylic acids is 2. The van der Waals surface area contributed by atoms with Crippen molar-refractivity contribution >= 4 is 45.0 Å². The fourth-order valence-corrected chi connectivity index (χ4v) is 2.40. The predicted molar refractivity (Wildman–Crippen MR) is 66.6 cm³/mol. The number of anilines is 1. The highest BCUT2D eigenvalue weighted by atomic mass is 79.9. The van der Waals surface area contributed by atoms with Crippen molar-refractivity contribution in [1.29, 1.82) is 0 Å². The van der Waals surface area contributed by atoms with E-state index in [0.717, 1.165) is 0 Å². The molecule has 0 saturated carbocycles. The smallest absolute Gasteiger partial charge is 0.227 e. The SMILES string of the molecule is NC(=O)C1CC(=O)N(c2ccc(Br)nc2Cl)C1. The van der Waals surface area contributed by atoms with Crippen molar-refractivity contribution in [2.75, 3.05) is 11.4 Å². The Morgan fingerprint density at radius 2 is 2.29 bits per heavy atom. The number of pyridine rings is 1. The van der Waals surface area contributed by atoms with Crippen LogP contribution in [0.2, 0.25) is 5.15 Å². The van der Waals surface area contributed by atoms with Crippen molar-refractivity contribution in [3.63, 3.8) is 0 Å². The number of primary amides is 1.